The Balaban J connectivity index is 1.58. The fraction of sp³-hybridized carbons (Fsp3) is 0.462. The van der Waals surface area contributed by atoms with Gasteiger partial charge in [0.05, 0.1) is 44.1 Å². The molecular formula is C26H32N6O4. The zero-order valence-corrected chi connectivity index (χ0v) is 20.7. The van der Waals surface area contributed by atoms with Gasteiger partial charge in [-0.3, -0.25) is 4.79 Å². The van der Waals surface area contributed by atoms with Crippen LogP contribution in [0.4, 0.5) is 11.8 Å². The molecule has 0 saturated carbocycles. The standard InChI is InChI=1S/C26H32N6O4/c1-16-15-36-12-11-32(16)24-19-7-8-20(17-6-9-22(35-2)18(13-17)14-33)28-23(19)30-26(31-24)29-21-5-3-4-10-27-25(21)34/h6-9,13,16,21,33H,3-5,10-12,14-15H2,1-2H3,(H,27,34)(H,28,29,30,31)/t16?,21-/m0/s1. The van der Waals surface area contributed by atoms with Crippen molar-refractivity contribution >= 4 is 28.7 Å². The SMILES string of the molecule is COc1ccc(-c2ccc3c(N4CCOCC4C)nc(N[C@H]4CCCCNC4=O)nc3n2)cc1CO. The molecule has 3 N–H and O–H groups in total. The molecule has 4 heterocycles. The molecule has 1 amide bonds. The largest absolute Gasteiger partial charge is 0.496 e. The van der Waals surface area contributed by atoms with E-state index in [1.54, 1.807) is 7.11 Å². The Labute approximate surface area is 210 Å². The van der Waals surface area contributed by atoms with Crippen molar-refractivity contribution < 1.29 is 19.4 Å². The number of hydrogen-bond donors (Lipinski definition) is 3. The van der Waals surface area contributed by atoms with E-state index in [-0.39, 0.29) is 18.6 Å². The maximum absolute atomic E-state index is 12.6. The molecular weight excluding hydrogens is 460 g/mol. The van der Waals surface area contributed by atoms with Gasteiger partial charge in [0.15, 0.2) is 5.65 Å². The summed E-state index contributed by atoms with van der Waals surface area (Å²) in [4.78, 5) is 29.3. The van der Waals surface area contributed by atoms with Gasteiger partial charge in [-0.25, -0.2) is 4.98 Å². The van der Waals surface area contributed by atoms with Crippen LogP contribution in [-0.4, -0.2) is 71.5 Å². The number of fused-ring (bicyclic) bond motifs is 1. The highest BCUT2D eigenvalue weighted by Crippen LogP contribution is 2.31. The van der Waals surface area contributed by atoms with Gasteiger partial charge in [0.1, 0.15) is 17.6 Å². The summed E-state index contributed by atoms with van der Waals surface area (Å²) in [6.45, 7) is 4.59. The molecule has 10 nitrogen and oxygen atoms in total. The lowest BCUT2D eigenvalue weighted by atomic mass is 10.1. The number of aliphatic hydroxyl groups excluding tert-OH is 1. The van der Waals surface area contributed by atoms with Gasteiger partial charge in [0.25, 0.3) is 0 Å². The van der Waals surface area contributed by atoms with Crippen molar-refractivity contribution in [2.75, 3.05) is 43.6 Å². The molecule has 0 bridgehead atoms. The zero-order chi connectivity index (χ0) is 25.1. The third-order valence-electron chi connectivity index (χ3n) is 6.76. The predicted octanol–water partition coefficient (Wildman–Crippen LogP) is 2.50. The van der Waals surface area contributed by atoms with Crippen molar-refractivity contribution in [3.05, 3.63) is 35.9 Å². The van der Waals surface area contributed by atoms with Gasteiger partial charge in [-0.2, -0.15) is 9.97 Å². The van der Waals surface area contributed by atoms with E-state index in [0.29, 0.717) is 49.2 Å². The van der Waals surface area contributed by atoms with Gasteiger partial charge in [0, 0.05) is 24.2 Å². The first kappa shape index (κ1) is 24.2. The van der Waals surface area contributed by atoms with Crippen molar-refractivity contribution in [3.8, 4) is 17.0 Å². The van der Waals surface area contributed by atoms with Crippen LogP contribution in [0.25, 0.3) is 22.3 Å². The van der Waals surface area contributed by atoms with E-state index in [1.807, 2.05) is 30.3 Å². The summed E-state index contributed by atoms with van der Waals surface area (Å²) in [6.07, 6.45) is 2.63. The topological polar surface area (TPSA) is 122 Å². The van der Waals surface area contributed by atoms with E-state index in [4.69, 9.17) is 24.4 Å². The number of carbonyl (C=O) groups excluding carboxylic acids is 1. The molecule has 1 aromatic carbocycles. The molecule has 1 unspecified atom stereocenters. The number of hydrogen-bond acceptors (Lipinski definition) is 9. The minimum Gasteiger partial charge on any atom is -0.496 e. The quantitative estimate of drug-likeness (QED) is 0.476. The number of anilines is 2. The van der Waals surface area contributed by atoms with Gasteiger partial charge in [-0.1, -0.05) is 0 Å². The Hall–Kier alpha value is -3.50. The summed E-state index contributed by atoms with van der Waals surface area (Å²) in [5, 5.41) is 16.8. The third kappa shape index (κ3) is 4.91. The molecule has 36 heavy (non-hydrogen) atoms. The van der Waals surface area contributed by atoms with Crippen molar-refractivity contribution in [3.63, 3.8) is 0 Å². The van der Waals surface area contributed by atoms with Crippen LogP contribution in [0.15, 0.2) is 30.3 Å². The number of aromatic nitrogens is 3. The average Bonchev–Trinajstić information content (AvgIpc) is 3.11. The predicted molar refractivity (Wildman–Crippen MR) is 137 cm³/mol. The Morgan fingerprint density at radius 3 is 2.92 bits per heavy atom. The van der Waals surface area contributed by atoms with Gasteiger partial charge < -0.3 is 30.1 Å². The monoisotopic (exact) mass is 492 g/mol. The smallest absolute Gasteiger partial charge is 0.242 e. The van der Waals surface area contributed by atoms with Crippen LogP contribution in [0.5, 0.6) is 5.75 Å². The molecule has 0 spiro atoms. The lowest BCUT2D eigenvalue weighted by Gasteiger charge is -2.35. The molecule has 2 aliphatic rings. The van der Waals surface area contributed by atoms with Crippen molar-refractivity contribution in [1.29, 1.82) is 0 Å². The van der Waals surface area contributed by atoms with E-state index in [2.05, 4.69) is 22.5 Å². The summed E-state index contributed by atoms with van der Waals surface area (Å²) in [5.74, 6) is 1.75. The molecule has 10 heteroatoms. The van der Waals surface area contributed by atoms with Crippen LogP contribution in [0.2, 0.25) is 0 Å². The van der Waals surface area contributed by atoms with Crippen molar-refractivity contribution in [2.24, 2.45) is 0 Å². The average molecular weight is 493 g/mol. The van der Waals surface area contributed by atoms with Gasteiger partial charge >= 0.3 is 0 Å². The highest BCUT2D eigenvalue weighted by Gasteiger charge is 2.26. The first-order chi connectivity index (χ1) is 17.6. The number of rotatable bonds is 6. The number of carbonyl (C=O) groups is 1. The third-order valence-corrected chi connectivity index (χ3v) is 6.76. The van der Waals surface area contributed by atoms with Gasteiger partial charge in [-0.15, -0.1) is 0 Å². The van der Waals surface area contributed by atoms with E-state index in [9.17, 15) is 9.90 Å². The second-order valence-electron chi connectivity index (χ2n) is 9.22. The lowest BCUT2D eigenvalue weighted by Crippen LogP contribution is -2.44. The molecule has 2 atom stereocenters. The van der Waals surface area contributed by atoms with E-state index >= 15 is 0 Å². The van der Waals surface area contributed by atoms with Crippen LogP contribution in [0.1, 0.15) is 31.7 Å². The van der Waals surface area contributed by atoms with E-state index < -0.39 is 6.04 Å². The number of nitrogens with one attached hydrogen (secondary N) is 2. The number of amides is 1. The normalized spacial score (nSPS) is 20.6. The summed E-state index contributed by atoms with van der Waals surface area (Å²) >= 11 is 0. The summed E-state index contributed by atoms with van der Waals surface area (Å²) in [7, 11) is 1.58. The van der Waals surface area contributed by atoms with Crippen LogP contribution < -0.4 is 20.3 Å². The van der Waals surface area contributed by atoms with Crippen LogP contribution in [-0.2, 0) is 16.1 Å². The Morgan fingerprint density at radius 2 is 2.11 bits per heavy atom. The molecule has 2 saturated heterocycles. The maximum Gasteiger partial charge on any atom is 0.242 e. The van der Waals surface area contributed by atoms with Crippen LogP contribution >= 0.6 is 0 Å². The van der Waals surface area contributed by atoms with Crippen molar-refractivity contribution in [1.82, 2.24) is 20.3 Å². The van der Waals surface area contributed by atoms with Gasteiger partial charge in [0.2, 0.25) is 11.9 Å². The van der Waals surface area contributed by atoms with Gasteiger partial charge in [-0.05, 0) is 56.5 Å². The molecule has 0 radical (unpaired) electrons. The highest BCUT2D eigenvalue weighted by molar-refractivity contribution is 5.90. The second-order valence-corrected chi connectivity index (χ2v) is 9.22. The summed E-state index contributed by atoms with van der Waals surface area (Å²) < 4.78 is 11.0. The van der Waals surface area contributed by atoms with E-state index in [1.165, 1.54) is 0 Å². The van der Waals surface area contributed by atoms with Crippen LogP contribution in [0.3, 0.4) is 0 Å². The number of nitrogens with zero attached hydrogens (tertiary/aromatic N) is 4. The number of benzene rings is 1. The first-order valence-electron chi connectivity index (χ1n) is 12.4. The number of pyridine rings is 1. The summed E-state index contributed by atoms with van der Waals surface area (Å²) in [6, 6.07) is 9.28. The Morgan fingerprint density at radius 1 is 1.22 bits per heavy atom. The van der Waals surface area contributed by atoms with Crippen LogP contribution in [0, 0.1) is 0 Å². The molecule has 5 rings (SSSR count). The first-order valence-corrected chi connectivity index (χ1v) is 12.4. The molecule has 2 aromatic heterocycles. The maximum atomic E-state index is 12.6. The molecule has 3 aromatic rings. The fourth-order valence-electron chi connectivity index (χ4n) is 4.77. The van der Waals surface area contributed by atoms with Crippen molar-refractivity contribution in [2.45, 2.75) is 44.9 Å². The number of aliphatic hydroxyl groups is 1. The second kappa shape index (κ2) is 10.6. The Bertz CT molecular complexity index is 1250. The summed E-state index contributed by atoms with van der Waals surface area (Å²) in [5.41, 5.74) is 2.79. The minimum absolute atomic E-state index is 0.0334. The molecule has 190 valence electrons. The van der Waals surface area contributed by atoms with E-state index in [0.717, 1.165) is 41.7 Å². The highest BCUT2D eigenvalue weighted by atomic mass is 16.5. The molecule has 2 aliphatic heterocycles. The number of morpholine rings is 1. The number of methoxy groups -OCH3 is 1. The zero-order valence-electron chi connectivity index (χ0n) is 20.7. The minimum atomic E-state index is -0.392. The lowest BCUT2D eigenvalue weighted by molar-refractivity contribution is -0.121. The number of ether oxygens (including phenoxy) is 2. The Kier molecular flexibility index (Phi) is 7.15. The molecule has 2 fully saturated rings. The molecule has 0 aliphatic carbocycles. The fourth-order valence-corrected chi connectivity index (χ4v) is 4.77.